The average molecular weight is 656 g/mol. The minimum atomic E-state index is -0.865. The Morgan fingerprint density at radius 3 is 2.22 bits per heavy atom. The maximum atomic E-state index is 13.0. The average Bonchev–Trinajstić information content (AvgIpc) is 2.78. The third-order valence-corrected chi connectivity index (χ3v) is 6.30. The molecule has 3 aromatic carbocycles. The predicted octanol–water partition coefficient (Wildman–Crippen LogP) is 5.39. The quantitative estimate of drug-likeness (QED) is 0.298. The Hall–Kier alpha value is -2.34. The summed E-state index contributed by atoms with van der Waals surface area (Å²) in [6.45, 7) is 2.07. The molecule has 3 aromatic rings. The zero-order valence-electron chi connectivity index (χ0n) is 17.3. The highest BCUT2D eigenvalue weighted by Gasteiger charge is 2.23. The van der Waals surface area contributed by atoms with E-state index in [4.69, 9.17) is 4.74 Å². The fraction of sp³-hybridized carbons (Fsp3) is 0.167. The Bertz CT molecular complexity index is 1070. The summed E-state index contributed by atoms with van der Waals surface area (Å²) in [5.41, 5.74) is 3.38. The first-order chi connectivity index (χ1) is 15.3. The number of rotatable bonds is 7. The lowest BCUT2D eigenvalue weighted by Crippen LogP contribution is -2.45. The normalized spacial score (nSPS) is 11.5. The van der Waals surface area contributed by atoms with Crippen LogP contribution in [0.3, 0.4) is 0 Å². The van der Waals surface area contributed by atoms with Crippen LogP contribution in [0, 0.1) is 14.1 Å². The summed E-state index contributed by atoms with van der Waals surface area (Å²) < 4.78 is 6.66. The molecular formula is C24H22I2N2O4. The van der Waals surface area contributed by atoms with Crippen molar-refractivity contribution in [2.75, 3.05) is 5.32 Å². The molecule has 6 nitrogen and oxygen atoms in total. The molecule has 8 heteroatoms. The van der Waals surface area contributed by atoms with Crippen molar-refractivity contribution >= 4 is 62.9 Å². The van der Waals surface area contributed by atoms with E-state index in [9.17, 15) is 14.7 Å². The number of nitrogens with one attached hydrogen (secondary N) is 2. The number of halogens is 2. The predicted molar refractivity (Wildman–Crippen MR) is 141 cm³/mol. The van der Waals surface area contributed by atoms with Crippen molar-refractivity contribution in [2.45, 2.75) is 26.0 Å². The van der Waals surface area contributed by atoms with Gasteiger partial charge in [-0.1, -0.05) is 48.0 Å². The Labute approximate surface area is 214 Å². The first-order valence-corrected chi connectivity index (χ1v) is 12.0. The van der Waals surface area contributed by atoms with Crippen LogP contribution in [-0.4, -0.2) is 23.1 Å². The van der Waals surface area contributed by atoms with E-state index in [0.29, 0.717) is 12.8 Å². The van der Waals surface area contributed by atoms with Gasteiger partial charge in [0.15, 0.2) is 0 Å². The topological polar surface area (TPSA) is 87.7 Å². The molecule has 0 radical (unpaired) electrons. The number of hydrogen-bond acceptors (Lipinski definition) is 4. The number of carbonyl (C=O) groups excluding carboxylic acids is 2. The van der Waals surface area contributed by atoms with Gasteiger partial charge in [0, 0.05) is 12.1 Å². The molecule has 0 aliphatic carbocycles. The van der Waals surface area contributed by atoms with Crippen LogP contribution in [0.1, 0.15) is 16.7 Å². The highest BCUT2D eigenvalue weighted by atomic mass is 127. The van der Waals surface area contributed by atoms with Gasteiger partial charge in [-0.3, -0.25) is 4.79 Å². The van der Waals surface area contributed by atoms with Crippen molar-refractivity contribution in [3.8, 4) is 5.75 Å². The maximum absolute atomic E-state index is 13.0. The first kappa shape index (κ1) is 24.3. The van der Waals surface area contributed by atoms with Gasteiger partial charge in [-0.05, 0) is 87.5 Å². The van der Waals surface area contributed by atoms with Crippen LogP contribution < -0.4 is 10.6 Å². The van der Waals surface area contributed by atoms with Gasteiger partial charge in [-0.2, -0.15) is 0 Å². The van der Waals surface area contributed by atoms with E-state index in [1.165, 1.54) is 0 Å². The Morgan fingerprint density at radius 2 is 1.59 bits per heavy atom. The molecule has 1 atom stereocenters. The molecule has 3 rings (SSSR count). The third-order valence-electron chi connectivity index (χ3n) is 4.66. The van der Waals surface area contributed by atoms with Gasteiger partial charge < -0.3 is 20.5 Å². The summed E-state index contributed by atoms with van der Waals surface area (Å²) in [4.78, 5) is 25.5. The van der Waals surface area contributed by atoms with Crippen LogP contribution in [0.5, 0.6) is 5.75 Å². The van der Waals surface area contributed by atoms with E-state index >= 15 is 0 Å². The van der Waals surface area contributed by atoms with Gasteiger partial charge in [0.25, 0.3) is 0 Å². The lowest BCUT2D eigenvalue weighted by Gasteiger charge is -2.19. The molecule has 0 heterocycles. The van der Waals surface area contributed by atoms with Gasteiger partial charge in [0.2, 0.25) is 5.91 Å². The maximum Gasteiger partial charge on any atom is 0.408 e. The van der Waals surface area contributed by atoms with Gasteiger partial charge in [-0.25, -0.2) is 4.79 Å². The van der Waals surface area contributed by atoms with Gasteiger partial charge in [0.05, 0.1) is 7.14 Å². The molecule has 0 unspecified atom stereocenters. The lowest BCUT2D eigenvalue weighted by molar-refractivity contribution is -0.118. The Kier molecular flexibility index (Phi) is 8.74. The molecule has 2 amide bonds. The second-order valence-corrected chi connectivity index (χ2v) is 9.55. The molecule has 0 aliphatic heterocycles. The summed E-state index contributed by atoms with van der Waals surface area (Å²) in [6.07, 6.45) is -0.439. The molecular weight excluding hydrogens is 634 g/mol. The van der Waals surface area contributed by atoms with Crippen molar-refractivity contribution in [3.63, 3.8) is 0 Å². The van der Waals surface area contributed by atoms with E-state index < -0.39 is 12.1 Å². The second-order valence-electron chi connectivity index (χ2n) is 7.23. The number of aryl methyl sites for hydroxylation is 1. The summed E-state index contributed by atoms with van der Waals surface area (Å²) in [5, 5.41) is 15.6. The summed E-state index contributed by atoms with van der Waals surface area (Å²) in [7, 11) is 0. The van der Waals surface area contributed by atoms with E-state index in [-0.39, 0.29) is 24.7 Å². The minimum Gasteiger partial charge on any atom is -0.506 e. The SMILES string of the molecule is Cc1ccc(NC(=O)[C@@H](Cc2cc(I)c(O)c(I)c2)NC(=O)OCc2ccccc2)cc1. The molecule has 0 spiro atoms. The fourth-order valence-electron chi connectivity index (χ4n) is 2.95. The van der Waals surface area contributed by atoms with Crippen LogP contribution in [0.15, 0.2) is 66.7 Å². The van der Waals surface area contributed by atoms with Crippen molar-refractivity contribution in [2.24, 2.45) is 0 Å². The lowest BCUT2D eigenvalue weighted by atomic mass is 10.0. The van der Waals surface area contributed by atoms with E-state index in [1.54, 1.807) is 12.1 Å². The second kappa shape index (κ2) is 11.5. The molecule has 0 bridgehead atoms. The number of amides is 2. The molecule has 0 saturated heterocycles. The third kappa shape index (κ3) is 7.09. The van der Waals surface area contributed by atoms with Crippen molar-refractivity contribution in [3.05, 3.63) is 90.6 Å². The van der Waals surface area contributed by atoms with Crippen LogP contribution in [0.4, 0.5) is 10.5 Å². The highest BCUT2D eigenvalue weighted by Crippen LogP contribution is 2.28. The number of anilines is 1. The number of ether oxygens (including phenoxy) is 1. The smallest absolute Gasteiger partial charge is 0.408 e. The molecule has 0 aliphatic rings. The molecule has 0 saturated carbocycles. The zero-order chi connectivity index (χ0) is 23.1. The number of carbonyl (C=O) groups is 2. The summed E-state index contributed by atoms with van der Waals surface area (Å²) in [5.74, 6) is -0.158. The molecule has 166 valence electrons. The van der Waals surface area contributed by atoms with Crippen LogP contribution >= 0.6 is 45.2 Å². The summed E-state index contributed by atoms with van der Waals surface area (Å²) >= 11 is 4.08. The van der Waals surface area contributed by atoms with Gasteiger partial charge in [0.1, 0.15) is 18.4 Å². The molecule has 0 aromatic heterocycles. The van der Waals surface area contributed by atoms with Gasteiger partial charge in [-0.15, -0.1) is 0 Å². The number of phenolic OH excluding ortho intramolecular Hbond substituents is 1. The molecule has 32 heavy (non-hydrogen) atoms. The number of benzene rings is 3. The monoisotopic (exact) mass is 656 g/mol. The van der Waals surface area contributed by atoms with Crippen molar-refractivity contribution in [1.82, 2.24) is 5.32 Å². The minimum absolute atomic E-state index is 0.105. The molecule has 3 N–H and O–H groups in total. The van der Waals surface area contributed by atoms with Crippen molar-refractivity contribution < 1.29 is 19.4 Å². The number of phenols is 1. The van der Waals surface area contributed by atoms with Crippen molar-refractivity contribution in [1.29, 1.82) is 0 Å². The molecule has 0 fully saturated rings. The zero-order valence-corrected chi connectivity index (χ0v) is 21.6. The van der Waals surface area contributed by atoms with E-state index in [0.717, 1.165) is 16.7 Å². The van der Waals surface area contributed by atoms with Crippen LogP contribution in [-0.2, 0) is 22.6 Å². The summed E-state index contributed by atoms with van der Waals surface area (Å²) in [6, 6.07) is 19.5. The largest absolute Gasteiger partial charge is 0.506 e. The first-order valence-electron chi connectivity index (χ1n) is 9.83. The van der Waals surface area contributed by atoms with Crippen LogP contribution in [0.25, 0.3) is 0 Å². The fourth-order valence-corrected chi connectivity index (χ4v) is 4.85. The Balaban J connectivity index is 1.74. The van der Waals surface area contributed by atoms with E-state index in [2.05, 4.69) is 10.6 Å². The Morgan fingerprint density at radius 1 is 0.969 bits per heavy atom. The number of aromatic hydroxyl groups is 1. The van der Waals surface area contributed by atoms with E-state index in [1.807, 2.05) is 107 Å². The van der Waals surface area contributed by atoms with Crippen LogP contribution in [0.2, 0.25) is 0 Å². The number of hydrogen-bond donors (Lipinski definition) is 3. The van der Waals surface area contributed by atoms with Gasteiger partial charge >= 0.3 is 6.09 Å². The highest BCUT2D eigenvalue weighted by molar-refractivity contribution is 14.1. The standard InChI is InChI=1S/C24H22I2N2O4/c1-15-7-9-18(10-8-15)27-23(30)21(13-17-11-19(25)22(29)20(26)12-17)28-24(31)32-14-16-5-3-2-4-6-16/h2-12,21,29H,13-14H2,1H3,(H,27,30)(H,28,31)/t21-/m1/s1. The number of alkyl carbamates (subject to hydrolysis) is 1.